The Labute approximate surface area is 114 Å². The number of nitrogens with zero attached hydrogens (tertiary/aromatic N) is 2. The number of H-pyrrole nitrogens is 1. The van der Waals surface area contributed by atoms with Crippen molar-refractivity contribution in [2.24, 2.45) is 0 Å². The molecule has 6 heteroatoms. The quantitative estimate of drug-likeness (QED) is 0.934. The third kappa shape index (κ3) is 2.41. The third-order valence-electron chi connectivity index (χ3n) is 3.48. The van der Waals surface area contributed by atoms with Crippen LogP contribution in [0.3, 0.4) is 0 Å². The second-order valence-electron chi connectivity index (χ2n) is 4.86. The van der Waals surface area contributed by atoms with E-state index in [2.05, 4.69) is 9.97 Å². The van der Waals surface area contributed by atoms with Crippen molar-refractivity contribution in [3.8, 4) is 0 Å². The maximum Gasteiger partial charge on any atom is 0.223 e. The van der Waals surface area contributed by atoms with Gasteiger partial charge in [0.1, 0.15) is 0 Å². The number of benzene rings is 1. The van der Waals surface area contributed by atoms with E-state index in [1.807, 2.05) is 0 Å². The van der Waals surface area contributed by atoms with E-state index in [0.29, 0.717) is 37.1 Å². The van der Waals surface area contributed by atoms with Crippen LogP contribution in [0.4, 0.5) is 8.78 Å². The summed E-state index contributed by atoms with van der Waals surface area (Å²) in [4.78, 5) is 20.5. The standard InChI is InChI=1S/C14H13F2N3O/c15-12-3-9-6-19(7-10(9)4-13(12)16)14(20)2-1-11-5-17-8-18-11/h3-5,8H,1-2,6-7H2,(H,17,18). The van der Waals surface area contributed by atoms with Crippen LogP contribution >= 0.6 is 0 Å². The molecule has 0 saturated carbocycles. The van der Waals surface area contributed by atoms with Gasteiger partial charge in [0.2, 0.25) is 5.91 Å². The second kappa shape index (κ2) is 5.03. The van der Waals surface area contributed by atoms with Crippen molar-refractivity contribution < 1.29 is 13.6 Å². The van der Waals surface area contributed by atoms with Crippen LogP contribution in [-0.4, -0.2) is 20.8 Å². The molecule has 0 bridgehead atoms. The molecule has 0 fully saturated rings. The Bertz CT molecular complexity index is 609. The fraction of sp³-hybridized carbons (Fsp3) is 0.286. The summed E-state index contributed by atoms with van der Waals surface area (Å²) in [6, 6.07) is 2.35. The van der Waals surface area contributed by atoms with Crippen LogP contribution < -0.4 is 0 Å². The highest BCUT2D eigenvalue weighted by Gasteiger charge is 2.24. The highest BCUT2D eigenvalue weighted by atomic mass is 19.2. The smallest absolute Gasteiger partial charge is 0.223 e. The van der Waals surface area contributed by atoms with Gasteiger partial charge < -0.3 is 9.88 Å². The van der Waals surface area contributed by atoms with Gasteiger partial charge in [-0.25, -0.2) is 13.8 Å². The maximum absolute atomic E-state index is 13.1. The molecular formula is C14H13F2N3O. The fourth-order valence-electron chi connectivity index (χ4n) is 2.39. The number of nitrogens with one attached hydrogen (secondary N) is 1. The minimum Gasteiger partial charge on any atom is -0.348 e. The van der Waals surface area contributed by atoms with Gasteiger partial charge in [-0.1, -0.05) is 0 Å². The van der Waals surface area contributed by atoms with Gasteiger partial charge >= 0.3 is 0 Å². The van der Waals surface area contributed by atoms with E-state index >= 15 is 0 Å². The Balaban J connectivity index is 1.64. The molecule has 2 aromatic rings. The molecule has 20 heavy (non-hydrogen) atoms. The van der Waals surface area contributed by atoms with E-state index < -0.39 is 11.6 Å². The molecule has 1 aliphatic rings. The topological polar surface area (TPSA) is 49.0 Å². The Morgan fingerprint density at radius 3 is 2.45 bits per heavy atom. The predicted molar refractivity (Wildman–Crippen MR) is 67.5 cm³/mol. The van der Waals surface area contributed by atoms with Crippen molar-refractivity contribution in [1.29, 1.82) is 0 Å². The molecule has 4 nitrogen and oxygen atoms in total. The van der Waals surface area contributed by atoms with Crippen LogP contribution in [0.1, 0.15) is 23.2 Å². The Hall–Kier alpha value is -2.24. The lowest BCUT2D eigenvalue weighted by molar-refractivity contribution is -0.131. The van der Waals surface area contributed by atoms with Crippen molar-refractivity contribution in [2.75, 3.05) is 0 Å². The summed E-state index contributed by atoms with van der Waals surface area (Å²) in [6.45, 7) is 0.683. The van der Waals surface area contributed by atoms with Crippen LogP contribution in [-0.2, 0) is 24.3 Å². The van der Waals surface area contributed by atoms with Crippen LogP contribution in [0.25, 0.3) is 0 Å². The van der Waals surface area contributed by atoms with E-state index in [0.717, 1.165) is 5.69 Å². The van der Waals surface area contributed by atoms with Crippen LogP contribution in [0.15, 0.2) is 24.7 Å². The number of amides is 1. The van der Waals surface area contributed by atoms with E-state index in [1.54, 1.807) is 17.4 Å². The highest BCUT2D eigenvalue weighted by molar-refractivity contribution is 5.77. The molecule has 1 aliphatic heterocycles. The number of carbonyl (C=O) groups is 1. The Kier molecular flexibility index (Phi) is 3.22. The summed E-state index contributed by atoms with van der Waals surface area (Å²) in [6.07, 6.45) is 4.17. The Morgan fingerprint density at radius 2 is 1.90 bits per heavy atom. The first kappa shape index (κ1) is 12.8. The van der Waals surface area contributed by atoms with Gasteiger partial charge in [0.25, 0.3) is 0 Å². The zero-order valence-electron chi connectivity index (χ0n) is 10.7. The van der Waals surface area contributed by atoms with Gasteiger partial charge in [-0.3, -0.25) is 4.79 Å². The number of aromatic amines is 1. The maximum atomic E-state index is 13.1. The SMILES string of the molecule is O=C(CCc1cnc[nH]1)N1Cc2cc(F)c(F)cc2C1. The van der Waals surface area contributed by atoms with Gasteiger partial charge in [0.05, 0.1) is 6.33 Å². The summed E-state index contributed by atoms with van der Waals surface area (Å²) >= 11 is 0. The number of aryl methyl sites for hydroxylation is 1. The average molecular weight is 277 g/mol. The molecular weight excluding hydrogens is 264 g/mol. The predicted octanol–water partition coefficient (Wildman–Crippen LogP) is 2.16. The monoisotopic (exact) mass is 277 g/mol. The first-order valence-corrected chi connectivity index (χ1v) is 6.35. The molecule has 2 heterocycles. The van der Waals surface area contributed by atoms with Crippen molar-refractivity contribution in [3.05, 3.63) is 53.1 Å². The largest absolute Gasteiger partial charge is 0.348 e. The van der Waals surface area contributed by atoms with E-state index in [9.17, 15) is 13.6 Å². The summed E-state index contributed by atoms with van der Waals surface area (Å²) in [5.41, 5.74) is 2.25. The summed E-state index contributed by atoms with van der Waals surface area (Å²) in [7, 11) is 0. The van der Waals surface area contributed by atoms with E-state index in [1.165, 1.54) is 12.1 Å². The highest BCUT2D eigenvalue weighted by Crippen LogP contribution is 2.25. The Morgan fingerprint density at radius 1 is 1.25 bits per heavy atom. The van der Waals surface area contributed by atoms with Crippen LogP contribution in [0, 0.1) is 11.6 Å². The number of halogens is 2. The number of imidazole rings is 1. The first-order chi connectivity index (χ1) is 9.63. The number of aromatic nitrogens is 2. The van der Waals surface area contributed by atoms with Crippen molar-refractivity contribution in [3.63, 3.8) is 0 Å². The molecule has 0 radical (unpaired) electrons. The molecule has 1 aromatic carbocycles. The minimum absolute atomic E-state index is 0.0309. The number of carbonyl (C=O) groups excluding carboxylic acids is 1. The van der Waals surface area contributed by atoms with Gasteiger partial charge in [0, 0.05) is 31.4 Å². The molecule has 0 saturated heterocycles. The first-order valence-electron chi connectivity index (χ1n) is 6.35. The van der Waals surface area contributed by atoms with Crippen molar-refractivity contribution in [1.82, 2.24) is 14.9 Å². The molecule has 0 atom stereocenters. The van der Waals surface area contributed by atoms with E-state index in [-0.39, 0.29) is 5.91 Å². The zero-order valence-corrected chi connectivity index (χ0v) is 10.7. The summed E-state index contributed by atoms with van der Waals surface area (Å²) in [5.74, 6) is -1.76. The van der Waals surface area contributed by atoms with Gasteiger partial charge in [-0.15, -0.1) is 0 Å². The van der Waals surface area contributed by atoms with Crippen LogP contribution in [0.2, 0.25) is 0 Å². The number of hydrogen-bond donors (Lipinski definition) is 1. The lowest BCUT2D eigenvalue weighted by Gasteiger charge is -2.14. The molecule has 1 aromatic heterocycles. The third-order valence-corrected chi connectivity index (χ3v) is 3.48. The van der Waals surface area contributed by atoms with Gasteiger partial charge in [0.15, 0.2) is 11.6 Å². The molecule has 0 unspecified atom stereocenters. The number of hydrogen-bond acceptors (Lipinski definition) is 2. The fourth-order valence-corrected chi connectivity index (χ4v) is 2.39. The van der Waals surface area contributed by atoms with Gasteiger partial charge in [-0.2, -0.15) is 0 Å². The normalized spacial score (nSPS) is 13.6. The molecule has 1 amide bonds. The summed E-state index contributed by atoms with van der Waals surface area (Å²) < 4.78 is 26.3. The summed E-state index contributed by atoms with van der Waals surface area (Å²) in [5, 5.41) is 0. The molecule has 3 rings (SSSR count). The van der Waals surface area contributed by atoms with Crippen molar-refractivity contribution >= 4 is 5.91 Å². The van der Waals surface area contributed by atoms with E-state index in [4.69, 9.17) is 0 Å². The zero-order chi connectivity index (χ0) is 14.1. The van der Waals surface area contributed by atoms with Gasteiger partial charge in [-0.05, 0) is 29.7 Å². The van der Waals surface area contributed by atoms with Crippen LogP contribution in [0.5, 0.6) is 0 Å². The van der Waals surface area contributed by atoms with Crippen molar-refractivity contribution in [2.45, 2.75) is 25.9 Å². The number of rotatable bonds is 3. The lowest BCUT2D eigenvalue weighted by Crippen LogP contribution is -2.25. The number of fused-ring (bicyclic) bond motifs is 1. The lowest BCUT2D eigenvalue weighted by atomic mass is 10.1. The minimum atomic E-state index is -0.865. The molecule has 1 N–H and O–H groups in total. The molecule has 104 valence electrons. The average Bonchev–Trinajstić information content (AvgIpc) is 3.05. The second-order valence-corrected chi connectivity index (χ2v) is 4.86. The molecule has 0 aliphatic carbocycles. The molecule has 0 spiro atoms.